The lowest BCUT2D eigenvalue weighted by Crippen LogP contribution is -2.80. The highest BCUT2D eigenvalue weighted by molar-refractivity contribution is 7.01. The van der Waals surface area contributed by atoms with Gasteiger partial charge in [-0.3, -0.25) is 14.4 Å². The van der Waals surface area contributed by atoms with Crippen molar-refractivity contribution in [3.63, 3.8) is 0 Å². The van der Waals surface area contributed by atoms with Crippen LogP contribution in [0.25, 0.3) is 0 Å². The van der Waals surface area contributed by atoms with Crippen LogP contribution in [0.15, 0.2) is 0 Å². The molecule has 0 aromatic heterocycles. The average Bonchev–Trinajstić information content (AvgIpc) is 3.38. The van der Waals surface area contributed by atoms with Gasteiger partial charge in [0.05, 0.1) is 55.2 Å². The molecule has 10 aliphatic heterocycles. The summed E-state index contributed by atoms with van der Waals surface area (Å²) < 4.78 is 111. The highest BCUT2D eigenvalue weighted by Crippen LogP contribution is 2.70. The van der Waals surface area contributed by atoms with Gasteiger partial charge in [0, 0.05) is 6.04 Å². The smallest absolute Gasteiger partial charge is 0.465 e. The van der Waals surface area contributed by atoms with Gasteiger partial charge < -0.3 is 112 Å². The van der Waals surface area contributed by atoms with Gasteiger partial charge >= 0.3 is 88.8 Å². The average molecular weight is 1280 g/mol. The van der Waals surface area contributed by atoms with Crippen molar-refractivity contribution in [1.29, 1.82) is 0 Å². The lowest BCUT2D eigenvalue weighted by molar-refractivity contribution is -0.181. The van der Waals surface area contributed by atoms with Crippen molar-refractivity contribution in [3.8, 4) is 0 Å². The Kier molecular flexibility index (Phi) is 12.8. The molecular formula is C35H70O28Si12. The molecule has 0 aromatic rings. The molecule has 75 heavy (non-hydrogen) atoms. The van der Waals surface area contributed by atoms with Gasteiger partial charge in [0.1, 0.15) is 20.9 Å². The lowest BCUT2D eigenvalue weighted by Gasteiger charge is -2.54. The van der Waals surface area contributed by atoms with Crippen molar-refractivity contribution in [2.45, 2.75) is 162 Å². The molecule has 10 aliphatic rings. The van der Waals surface area contributed by atoms with E-state index >= 15 is 9.59 Å². The molecule has 3 spiro atoms. The van der Waals surface area contributed by atoms with Crippen LogP contribution in [0.5, 0.6) is 0 Å². The van der Waals surface area contributed by atoms with Crippen LogP contribution in [0.1, 0.15) is 54.4 Å². The van der Waals surface area contributed by atoms with E-state index in [-0.39, 0.29) is 6.42 Å². The van der Waals surface area contributed by atoms with Crippen molar-refractivity contribution in [1.82, 2.24) is 0 Å². The summed E-state index contributed by atoms with van der Waals surface area (Å²) in [5.74, 6) is -6.89. The number of cyclic esters (lactones) is 2. The van der Waals surface area contributed by atoms with E-state index in [4.69, 9.17) is 73.7 Å². The first-order valence-corrected chi connectivity index (χ1v) is 51.3. The maximum absolute atomic E-state index is 15.8. The molecule has 0 radical (unpaired) electrons. The van der Waals surface area contributed by atoms with Crippen LogP contribution in [-0.4, -0.2) is 212 Å². The molecule has 12 unspecified atom stereocenters. The second-order valence-corrected chi connectivity index (χ2v) is 61.1. The van der Waals surface area contributed by atoms with Crippen molar-refractivity contribution in [2.24, 2.45) is 17.3 Å². The van der Waals surface area contributed by atoms with E-state index in [1.165, 1.54) is 27.7 Å². The SMILES string of the molecule is CCC1C(=O)OCC[Si]2(O)OC3(C)C45O[Si]6(CCOC(=O)C1(CC[Si]17OC89C(C)(O[Si](O)(O)O1)[Si](C)(C)O[Si]8(O)O[Si](C)(C)C9(C)O[Si](O)(O)O7)C(C)C(=O)OCC[Si](O)(OC4(C)[Si](C)(C)O[Si]5(O)O[Si]3(C)C)O6)O2. The number of carbonyl (C=O) groups excluding carboxylic acids is 3. The van der Waals surface area contributed by atoms with Crippen LogP contribution in [0.2, 0.25) is 76.6 Å². The number of hydrogen-bond acceptors (Lipinski definition) is 28. The molecular weight excluding hydrogens is 1210 g/mol. The molecule has 10 fully saturated rings. The third kappa shape index (κ3) is 7.28. The zero-order chi connectivity index (χ0) is 55.8. The molecule has 28 nitrogen and oxygen atoms in total. The molecule has 10 rings (SSSR count). The Bertz CT molecular complexity index is 2430. The number of esters is 3. The van der Waals surface area contributed by atoms with Gasteiger partial charge in [0.2, 0.25) is 33.3 Å². The lowest BCUT2D eigenvalue weighted by atomic mass is 9.64. The fourth-order valence-corrected chi connectivity index (χ4v) is 71.9. The zero-order valence-corrected chi connectivity index (χ0v) is 56.3. The highest BCUT2D eigenvalue weighted by atomic mass is 28.5. The van der Waals surface area contributed by atoms with Gasteiger partial charge in [-0.2, -0.15) is 0 Å². The van der Waals surface area contributed by atoms with Gasteiger partial charge in [-0.05, 0) is 92.9 Å². The van der Waals surface area contributed by atoms with E-state index in [0.29, 0.717) is 0 Å². The summed E-state index contributed by atoms with van der Waals surface area (Å²) in [5, 5.41) is -12.3. The molecule has 426 valence electrons. The highest BCUT2D eigenvalue weighted by Gasteiger charge is 3.00. The number of fused-ring (bicyclic) bond motifs is 7. The van der Waals surface area contributed by atoms with Crippen LogP contribution < -0.4 is 0 Å². The zero-order valence-electron chi connectivity index (χ0n) is 44.3. The molecule has 0 aromatic carbocycles. The summed E-state index contributed by atoms with van der Waals surface area (Å²) in [6.07, 6.45) is -1.08. The number of ether oxygens (including phenoxy) is 3. The van der Waals surface area contributed by atoms with Crippen molar-refractivity contribution < 1.29 is 126 Å². The summed E-state index contributed by atoms with van der Waals surface area (Å²) in [6, 6.07) is -2.53. The van der Waals surface area contributed by atoms with E-state index in [0.717, 1.165) is 0 Å². The van der Waals surface area contributed by atoms with Crippen LogP contribution in [0, 0.1) is 17.3 Å². The number of rotatable bonds is 4. The third-order valence-corrected chi connectivity index (χ3v) is 65.4. The summed E-state index contributed by atoms with van der Waals surface area (Å²) in [7, 11) is -55.9. The Morgan fingerprint density at radius 2 is 0.880 bits per heavy atom. The monoisotopic (exact) mass is 1270 g/mol. The first-order valence-electron chi connectivity index (χ1n) is 25.0. The first kappa shape index (κ1) is 58.3. The standard InChI is InChI=1S/C35H70O28Si12/c1-15-25-27(37)48-18-22-69(40)51-30(4)34-29(3,64(7,8)56-72(34,41)57-65(30,9)10)50-68(39)21-17-47-26(36)24(2)33(25,28(38)49-19-23-71(55-34,60-68)61-69)16-20-70-54-35-31(5,52-74(43,44)62-70)66(11,12)58-73(35,42)59-67(13,14)32(35,6)53-75(45,46)63-70/h24-25,39-46H,15-23H2,1-14H3. The topological polar surface area (TPSA) is 370 Å². The molecule has 7 bridgehead atoms. The summed E-state index contributed by atoms with van der Waals surface area (Å²) in [5.41, 5.74) is -2.48. The minimum absolute atomic E-state index is 0.264. The Balaban J connectivity index is 1.14. The maximum Gasteiger partial charge on any atom is 0.667 e. The van der Waals surface area contributed by atoms with Crippen molar-refractivity contribution in [3.05, 3.63) is 0 Å². The summed E-state index contributed by atoms with van der Waals surface area (Å²) in [4.78, 5) is 145. The molecule has 10 saturated heterocycles. The molecule has 0 aliphatic carbocycles. The van der Waals surface area contributed by atoms with Crippen LogP contribution in [-0.2, 0) is 88.1 Å². The predicted octanol–water partition coefficient (Wildman–Crippen LogP) is -1.97. The van der Waals surface area contributed by atoms with E-state index in [2.05, 4.69) is 0 Å². The van der Waals surface area contributed by atoms with Crippen LogP contribution in [0.3, 0.4) is 0 Å². The Labute approximate surface area is 445 Å². The van der Waals surface area contributed by atoms with E-state index in [1.807, 2.05) is 0 Å². The second kappa shape index (κ2) is 16.5. The van der Waals surface area contributed by atoms with Gasteiger partial charge in [-0.1, -0.05) is 13.8 Å². The maximum atomic E-state index is 15.8. The Morgan fingerprint density at radius 1 is 0.493 bits per heavy atom. The van der Waals surface area contributed by atoms with E-state index in [1.54, 1.807) is 66.2 Å². The summed E-state index contributed by atoms with van der Waals surface area (Å²) >= 11 is 0. The Morgan fingerprint density at radius 3 is 1.31 bits per heavy atom. The molecule has 8 N–H and O–H groups in total. The first-order chi connectivity index (χ1) is 33.8. The van der Waals surface area contributed by atoms with Crippen LogP contribution >= 0.6 is 0 Å². The quantitative estimate of drug-likeness (QED) is 0.0860. The van der Waals surface area contributed by atoms with Crippen LogP contribution in [0.4, 0.5) is 0 Å². The minimum atomic E-state index is -5.70. The van der Waals surface area contributed by atoms with E-state index in [9.17, 15) is 43.2 Å². The predicted molar refractivity (Wildman–Crippen MR) is 270 cm³/mol. The second-order valence-electron chi connectivity index (χ2n) is 24.0. The van der Waals surface area contributed by atoms with Crippen molar-refractivity contribution >= 4 is 122 Å². The molecule has 12 atom stereocenters. The van der Waals surface area contributed by atoms with Gasteiger partial charge in [0.25, 0.3) is 0 Å². The normalized spacial score (nSPS) is 53.8. The Hall–Kier alpha value is 0.133. The number of hydrogen-bond donors (Lipinski definition) is 8. The molecule has 40 heteroatoms. The fourth-order valence-electron chi connectivity index (χ4n) is 14.1. The van der Waals surface area contributed by atoms with Gasteiger partial charge in [0.15, 0.2) is 10.4 Å². The minimum Gasteiger partial charge on any atom is -0.465 e. The fraction of sp³-hybridized carbons (Fsp3) is 0.914. The molecule has 0 saturated carbocycles. The molecule has 0 amide bonds. The number of carbonyl (C=O) groups is 3. The van der Waals surface area contributed by atoms with Gasteiger partial charge in [-0.25, -0.2) is 0 Å². The third-order valence-electron chi connectivity index (χ3n) is 18.6. The molecule has 10 heterocycles. The largest absolute Gasteiger partial charge is 0.667 e. The summed E-state index contributed by atoms with van der Waals surface area (Å²) in [6.45, 7) is 20.1. The van der Waals surface area contributed by atoms with Crippen molar-refractivity contribution in [2.75, 3.05) is 19.8 Å². The van der Waals surface area contributed by atoms with Gasteiger partial charge in [-0.15, -0.1) is 0 Å². The van der Waals surface area contributed by atoms with E-state index < -0.39 is 221 Å².